The van der Waals surface area contributed by atoms with Crippen molar-refractivity contribution >= 4 is 16.8 Å². The molecule has 0 bridgehead atoms. The van der Waals surface area contributed by atoms with Crippen LogP contribution >= 0.6 is 0 Å². The fraction of sp³-hybridized carbons (Fsp3) is 0.526. The van der Waals surface area contributed by atoms with Gasteiger partial charge in [0.1, 0.15) is 0 Å². The van der Waals surface area contributed by atoms with Gasteiger partial charge in [-0.2, -0.15) is 0 Å². The van der Waals surface area contributed by atoms with E-state index in [2.05, 4.69) is 35.4 Å². The molecular formula is C19H24N2O. The van der Waals surface area contributed by atoms with Crippen LogP contribution in [-0.2, 0) is 10.2 Å². The van der Waals surface area contributed by atoms with Gasteiger partial charge in [-0.05, 0) is 44.2 Å². The number of rotatable bonds is 3. The molecule has 116 valence electrons. The van der Waals surface area contributed by atoms with E-state index in [1.54, 1.807) is 0 Å². The fourth-order valence-electron chi connectivity index (χ4n) is 4.18. The molecule has 1 amide bonds. The Hall–Kier alpha value is -1.77. The summed E-state index contributed by atoms with van der Waals surface area (Å²) >= 11 is 0. The first-order valence-electron chi connectivity index (χ1n) is 8.59. The van der Waals surface area contributed by atoms with Crippen LogP contribution in [0, 0.1) is 6.92 Å². The molecule has 0 aliphatic heterocycles. The van der Waals surface area contributed by atoms with Crippen molar-refractivity contribution in [1.29, 1.82) is 0 Å². The second-order valence-electron chi connectivity index (χ2n) is 7.06. The number of aromatic nitrogens is 1. The number of amides is 1. The zero-order valence-electron chi connectivity index (χ0n) is 13.2. The molecule has 1 heterocycles. The second kappa shape index (κ2) is 5.15. The fourth-order valence-corrected chi connectivity index (χ4v) is 4.18. The molecule has 2 N–H and O–H groups in total. The van der Waals surface area contributed by atoms with Crippen LogP contribution in [0.15, 0.2) is 24.3 Å². The molecule has 0 radical (unpaired) electrons. The molecule has 2 aromatic rings. The summed E-state index contributed by atoms with van der Waals surface area (Å²) in [6.07, 6.45) is 8.08. The monoisotopic (exact) mass is 296 g/mol. The average Bonchev–Trinajstić information content (AvgIpc) is 3.25. The summed E-state index contributed by atoms with van der Waals surface area (Å²) in [5.41, 5.74) is 3.25. The molecule has 2 aliphatic carbocycles. The number of nitrogens with one attached hydrogen (secondary N) is 2. The summed E-state index contributed by atoms with van der Waals surface area (Å²) in [6.45, 7) is 2.10. The summed E-state index contributed by atoms with van der Waals surface area (Å²) in [5, 5.41) is 4.57. The van der Waals surface area contributed by atoms with Gasteiger partial charge in [-0.25, -0.2) is 0 Å². The van der Waals surface area contributed by atoms with Gasteiger partial charge >= 0.3 is 0 Å². The summed E-state index contributed by atoms with van der Waals surface area (Å²) in [5.74, 6) is 0.257. The molecule has 0 unspecified atom stereocenters. The van der Waals surface area contributed by atoms with Crippen LogP contribution in [-0.4, -0.2) is 16.9 Å². The highest BCUT2D eigenvalue weighted by Gasteiger charge is 2.53. The van der Waals surface area contributed by atoms with Crippen molar-refractivity contribution < 1.29 is 4.79 Å². The van der Waals surface area contributed by atoms with Crippen LogP contribution in [0.3, 0.4) is 0 Å². The van der Waals surface area contributed by atoms with E-state index in [0.29, 0.717) is 6.04 Å². The van der Waals surface area contributed by atoms with E-state index in [9.17, 15) is 4.79 Å². The van der Waals surface area contributed by atoms with Crippen molar-refractivity contribution in [2.75, 3.05) is 0 Å². The number of carbonyl (C=O) groups is 1. The first kappa shape index (κ1) is 13.9. The lowest BCUT2D eigenvalue weighted by Gasteiger charge is -2.26. The van der Waals surface area contributed by atoms with Crippen molar-refractivity contribution in [3.05, 3.63) is 35.5 Å². The Morgan fingerprint density at radius 3 is 2.64 bits per heavy atom. The minimum Gasteiger partial charge on any atom is -0.358 e. The molecule has 22 heavy (non-hydrogen) atoms. The van der Waals surface area contributed by atoms with Gasteiger partial charge in [0, 0.05) is 22.6 Å². The number of fused-ring (bicyclic) bond motifs is 1. The highest BCUT2D eigenvalue weighted by molar-refractivity contribution is 5.98. The number of benzene rings is 1. The lowest BCUT2D eigenvalue weighted by atomic mass is 9.90. The minimum absolute atomic E-state index is 0.257. The molecule has 3 nitrogen and oxygen atoms in total. The molecule has 1 aromatic carbocycles. The van der Waals surface area contributed by atoms with Crippen molar-refractivity contribution in [3.8, 4) is 0 Å². The van der Waals surface area contributed by atoms with Gasteiger partial charge in [-0.15, -0.1) is 0 Å². The predicted octanol–water partition coefficient (Wildman–Crippen LogP) is 3.96. The molecule has 4 rings (SSSR count). The van der Waals surface area contributed by atoms with E-state index in [-0.39, 0.29) is 11.3 Å². The quantitative estimate of drug-likeness (QED) is 0.885. The normalized spacial score (nSPS) is 21.0. The number of H-pyrrole nitrogens is 1. The second-order valence-corrected chi connectivity index (χ2v) is 7.06. The van der Waals surface area contributed by atoms with Gasteiger partial charge in [-0.1, -0.05) is 37.5 Å². The van der Waals surface area contributed by atoms with Gasteiger partial charge < -0.3 is 10.3 Å². The van der Waals surface area contributed by atoms with Gasteiger partial charge in [0.15, 0.2) is 0 Å². The highest BCUT2D eigenvalue weighted by atomic mass is 16.2. The Balaban J connectivity index is 1.65. The maximum atomic E-state index is 13.0. The molecule has 0 spiro atoms. The molecule has 0 atom stereocenters. The van der Waals surface area contributed by atoms with E-state index in [1.807, 2.05) is 6.07 Å². The largest absolute Gasteiger partial charge is 0.358 e. The third-order valence-electron chi connectivity index (χ3n) is 5.50. The Morgan fingerprint density at radius 2 is 1.91 bits per heavy atom. The summed E-state index contributed by atoms with van der Waals surface area (Å²) < 4.78 is 0. The Labute approximate surface area is 131 Å². The molecule has 1 aromatic heterocycles. The zero-order chi connectivity index (χ0) is 15.2. The minimum atomic E-state index is -0.277. The molecule has 2 fully saturated rings. The van der Waals surface area contributed by atoms with Gasteiger partial charge in [-0.3, -0.25) is 4.79 Å². The molecule has 2 aliphatic rings. The van der Waals surface area contributed by atoms with Crippen molar-refractivity contribution in [2.24, 2.45) is 0 Å². The molecule has 2 saturated carbocycles. The van der Waals surface area contributed by atoms with Crippen LogP contribution in [0.25, 0.3) is 10.9 Å². The standard InChI is InChI=1S/C19H24N2O/c1-13-17(15-9-5-6-10-16(15)20-13)19(11-12-19)18(22)21-14-7-3-2-4-8-14/h5-6,9-10,14,20H,2-4,7-8,11-12H2,1H3,(H,21,22). The van der Waals surface area contributed by atoms with Gasteiger partial charge in [0.25, 0.3) is 0 Å². The van der Waals surface area contributed by atoms with Crippen LogP contribution in [0.4, 0.5) is 0 Å². The molecule has 0 saturated heterocycles. The van der Waals surface area contributed by atoms with Crippen LogP contribution in [0.5, 0.6) is 0 Å². The van der Waals surface area contributed by atoms with Crippen molar-refractivity contribution in [3.63, 3.8) is 0 Å². The van der Waals surface area contributed by atoms with E-state index in [1.165, 1.54) is 30.2 Å². The van der Waals surface area contributed by atoms with Gasteiger partial charge in [0.2, 0.25) is 5.91 Å². The number of aryl methyl sites for hydroxylation is 1. The maximum Gasteiger partial charge on any atom is 0.230 e. The third-order valence-corrected chi connectivity index (χ3v) is 5.50. The summed E-state index contributed by atoms with van der Waals surface area (Å²) in [6, 6.07) is 8.74. The number of carbonyl (C=O) groups excluding carboxylic acids is 1. The third kappa shape index (κ3) is 2.15. The topological polar surface area (TPSA) is 44.9 Å². The molecule has 3 heteroatoms. The number of hydrogen-bond acceptors (Lipinski definition) is 1. The lowest BCUT2D eigenvalue weighted by molar-refractivity contribution is -0.124. The number of aromatic amines is 1. The van der Waals surface area contributed by atoms with Gasteiger partial charge in [0.05, 0.1) is 5.41 Å². The maximum absolute atomic E-state index is 13.0. The average molecular weight is 296 g/mol. The van der Waals surface area contributed by atoms with Crippen LogP contribution in [0.1, 0.15) is 56.2 Å². The predicted molar refractivity (Wildman–Crippen MR) is 89.0 cm³/mol. The summed E-state index contributed by atoms with van der Waals surface area (Å²) in [4.78, 5) is 16.4. The van der Waals surface area contributed by atoms with E-state index in [4.69, 9.17) is 0 Å². The Kier molecular flexibility index (Phi) is 3.24. The van der Waals surface area contributed by atoms with Crippen molar-refractivity contribution in [2.45, 2.75) is 63.3 Å². The van der Waals surface area contributed by atoms with E-state index in [0.717, 1.165) is 36.9 Å². The lowest BCUT2D eigenvalue weighted by Crippen LogP contribution is -2.42. The highest BCUT2D eigenvalue weighted by Crippen LogP contribution is 2.52. The van der Waals surface area contributed by atoms with E-state index < -0.39 is 0 Å². The Bertz CT molecular complexity index is 705. The number of para-hydroxylation sites is 1. The Morgan fingerprint density at radius 1 is 1.18 bits per heavy atom. The van der Waals surface area contributed by atoms with Crippen LogP contribution < -0.4 is 5.32 Å². The summed E-state index contributed by atoms with van der Waals surface area (Å²) in [7, 11) is 0. The SMILES string of the molecule is Cc1[nH]c2ccccc2c1C1(C(=O)NC2CCCCC2)CC1. The first-order valence-corrected chi connectivity index (χ1v) is 8.59. The molecular weight excluding hydrogens is 272 g/mol. The van der Waals surface area contributed by atoms with Crippen LogP contribution in [0.2, 0.25) is 0 Å². The smallest absolute Gasteiger partial charge is 0.230 e. The number of hydrogen-bond donors (Lipinski definition) is 2. The van der Waals surface area contributed by atoms with E-state index >= 15 is 0 Å². The first-order chi connectivity index (χ1) is 10.7. The zero-order valence-corrected chi connectivity index (χ0v) is 13.2. The van der Waals surface area contributed by atoms with Crippen molar-refractivity contribution in [1.82, 2.24) is 10.3 Å².